The van der Waals surface area contributed by atoms with Gasteiger partial charge in [-0.05, 0) is 30.0 Å². The van der Waals surface area contributed by atoms with E-state index < -0.39 is 0 Å². The summed E-state index contributed by atoms with van der Waals surface area (Å²) in [6.45, 7) is 1.38. The van der Waals surface area contributed by atoms with Crippen LogP contribution in [0.4, 0.5) is 5.82 Å². The maximum Gasteiger partial charge on any atom is 0.222 e. The standard InChI is InChI=1S/C17H19N3O/c18-16-9-8-14(11-13-5-2-1-3-6-13)15(19-16)12-20-10-4-7-17(20)21/h1-3,5-6,8-9H,4,7,10-12H2,(H2,18,19). The average molecular weight is 281 g/mol. The van der Waals surface area contributed by atoms with Crippen LogP contribution in [0.15, 0.2) is 42.5 Å². The summed E-state index contributed by atoms with van der Waals surface area (Å²) in [6.07, 6.45) is 2.40. The maximum atomic E-state index is 11.8. The Morgan fingerprint density at radius 3 is 2.67 bits per heavy atom. The first-order valence-electron chi connectivity index (χ1n) is 7.28. The lowest BCUT2D eigenvalue weighted by Crippen LogP contribution is -2.25. The predicted molar refractivity (Wildman–Crippen MR) is 82.5 cm³/mol. The Bertz CT molecular complexity index is 640. The van der Waals surface area contributed by atoms with Crippen LogP contribution in [0.2, 0.25) is 0 Å². The molecule has 2 aromatic rings. The summed E-state index contributed by atoms with van der Waals surface area (Å²) in [6, 6.07) is 14.1. The number of anilines is 1. The van der Waals surface area contributed by atoms with Gasteiger partial charge in [0, 0.05) is 13.0 Å². The molecular formula is C17H19N3O. The minimum Gasteiger partial charge on any atom is -0.384 e. The van der Waals surface area contributed by atoms with Crippen LogP contribution in [0.1, 0.15) is 29.7 Å². The molecule has 108 valence electrons. The predicted octanol–water partition coefficient (Wildman–Crippen LogP) is 2.38. The maximum absolute atomic E-state index is 11.8. The van der Waals surface area contributed by atoms with Gasteiger partial charge in [-0.3, -0.25) is 4.79 Å². The number of aromatic nitrogens is 1. The third-order valence-electron chi connectivity index (χ3n) is 3.84. The SMILES string of the molecule is Nc1ccc(Cc2ccccc2)c(CN2CCCC2=O)n1. The fraction of sp³-hybridized carbons (Fsp3) is 0.294. The average Bonchev–Trinajstić information content (AvgIpc) is 2.88. The number of nitrogens with zero attached hydrogens (tertiary/aromatic N) is 2. The summed E-state index contributed by atoms with van der Waals surface area (Å²) >= 11 is 0. The normalized spacial score (nSPS) is 14.7. The molecule has 1 aliphatic rings. The second-order valence-corrected chi connectivity index (χ2v) is 5.42. The summed E-state index contributed by atoms with van der Waals surface area (Å²) in [4.78, 5) is 18.1. The molecule has 0 aliphatic carbocycles. The van der Waals surface area contributed by atoms with Gasteiger partial charge in [0.15, 0.2) is 0 Å². The Hall–Kier alpha value is -2.36. The molecule has 2 heterocycles. The lowest BCUT2D eigenvalue weighted by molar-refractivity contribution is -0.128. The number of nitrogen functional groups attached to an aromatic ring is 1. The van der Waals surface area contributed by atoms with E-state index in [4.69, 9.17) is 5.73 Å². The Labute approximate surface area is 124 Å². The van der Waals surface area contributed by atoms with Crippen molar-refractivity contribution in [3.63, 3.8) is 0 Å². The van der Waals surface area contributed by atoms with Gasteiger partial charge in [0.1, 0.15) is 5.82 Å². The van der Waals surface area contributed by atoms with Crippen molar-refractivity contribution in [1.82, 2.24) is 9.88 Å². The van der Waals surface area contributed by atoms with Crippen molar-refractivity contribution in [2.75, 3.05) is 12.3 Å². The third kappa shape index (κ3) is 3.21. The van der Waals surface area contributed by atoms with E-state index in [1.165, 1.54) is 5.56 Å². The highest BCUT2D eigenvalue weighted by Gasteiger charge is 2.21. The van der Waals surface area contributed by atoms with Crippen LogP contribution in [0.5, 0.6) is 0 Å². The monoisotopic (exact) mass is 281 g/mol. The van der Waals surface area contributed by atoms with Crippen molar-refractivity contribution in [3.05, 3.63) is 59.3 Å². The summed E-state index contributed by atoms with van der Waals surface area (Å²) in [5.41, 5.74) is 9.10. The fourth-order valence-corrected chi connectivity index (χ4v) is 2.71. The van der Waals surface area contributed by atoms with Gasteiger partial charge in [0.2, 0.25) is 5.91 Å². The molecule has 1 fully saturated rings. The molecule has 0 bridgehead atoms. The molecule has 2 N–H and O–H groups in total. The fourth-order valence-electron chi connectivity index (χ4n) is 2.71. The number of likely N-dealkylation sites (tertiary alicyclic amines) is 1. The van der Waals surface area contributed by atoms with E-state index in [1.807, 2.05) is 35.2 Å². The number of carbonyl (C=O) groups excluding carboxylic acids is 1. The van der Waals surface area contributed by atoms with Crippen molar-refractivity contribution < 1.29 is 4.79 Å². The van der Waals surface area contributed by atoms with Gasteiger partial charge in [-0.2, -0.15) is 0 Å². The van der Waals surface area contributed by atoms with Gasteiger partial charge in [-0.15, -0.1) is 0 Å². The molecule has 4 nitrogen and oxygen atoms in total. The summed E-state index contributed by atoms with van der Waals surface area (Å²) in [7, 11) is 0. The molecule has 1 aromatic heterocycles. The number of carbonyl (C=O) groups is 1. The number of amides is 1. The molecular weight excluding hydrogens is 262 g/mol. The Morgan fingerprint density at radius 2 is 1.95 bits per heavy atom. The van der Waals surface area contributed by atoms with Gasteiger partial charge in [-0.25, -0.2) is 4.98 Å². The molecule has 0 saturated carbocycles. The topological polar surface area (TPSA) is 59.2 Å². The first-order valence-corrected chi connectivity index (χ1v) is 7.28. The van der Waals surface area contributed by atoms with Crippen molar-refractivity contribution in [1.29, 1.82) is 0 Å². The number of hydrogen-bond donors (Lipinski definition) is 1. The molecule has 0 unspecified atom stereocenters. The van der Waals surface area contributed by atoms with E-state index in [0.717, 1.165) is 30.6 Å². The summed E-state index contributed by atoms with van der Waals surface area (Å²) in [5, 5.41) is 0. The number of pyridine rings is 1. The second-order valence-electron chi connectivity index (χ2n) is 5.42. The van der Waals surface area contributed by atoms with Crippen molar-refractivity contribution in [3.8, 4) is 0 Å². The third-order valence-corrected chi connectivity index (χ3v) is 3.84. The molecule has 21 heavy (non-hydrogen) atoms. The molecule has 1 amide bonds. The van der Waals surface area contributed by atoms with Crippen LogP contribution in [-0.2, 0) is 17.8 Å². The van der Waals surface area contributed by atoms with E-state index in [-0.39, 0.29) is 5.91 Å². The van der Waals surface area contributed by atoms with Gasteiger partial charge in [0.25, 0.3) is 0 Å². The van der Waals surface area contributed by atoms with Crippen molar-refractivity contribution in [2.24, 2.45) is 0 Å². The zero-order valence-electron chi connectivity index (χ0n) is 12.0. The zero-order valence-corrected chi connectivity index (χ0v) is 12.0. The molecule has 1 aromatic carbocycles. The van der Waals surface area contributed by atoms with Gasteiger partial charge >= 0.3 is 0 Å². The number of benzene rings is 1. The van der Waals surface area contributed by atoms with E-state index in [0.29, 0.717) is 18.8 Å². The van der Waals surface area contributed by atoms with Crippen LogP contribution in [0.25, 0.3) is 0 Å². The van der Waals surface area contributed by atoms with Crippen LogP contribution in [0.3, 0.4) is 0 Å². The molecule has 1 aliphatic heterocycles. The molecule has 1 saturated heterocycles. The quantitative estimate of drug-likeness (QED) is 0.936. The lowest BCUT2D eigenvalue weighted by atomic mass is 10.0. The van der Waals surface area contributed by atoms with E-state index in [1.54, 1.807) is 0 Å². The van der Waals surface area contributed by atoms with Gasteiger partial charge < -0.3 is 10.6 Å². The second kappa shape index (κ2) is 5.95. The highest BCUT2D eigenvalue weighted by atomic mass is 16.2. The molecule has 3 rings (SSSR count). The Kier molecular flexibility index (Phi) is 3.86. The van der Waals surface area contributed by atoms with Crippen LogP contribution < -0.4 is 5.73 Å². The van der Waals surface area contributed by atoms with Crippen LogP contribution in [-0.4, -0.2) is 22.3 Å². The Balaban J connectivity index is 1.84. The zero-order chi connectivity index (χ0) is 14.7. The highest BCUT2D eigenvalue weighted by molar-refractivity contribution is 5.78. The van der Waals surface area contributed by atoms with Gasteiger partial charge in [-0.1, -0.05) is 36.4 Å². The van der Waals surface area contributed by atoms with Crippen LogP contribution in [0, 0.1) is 0 Å². The first-order chi connectivity index (χ1) is 10.2. The molecule has 4 heteroatoms. The van der Waals surface area contributed by atoms with Crippen molar-refractivity contribution >= 4 is 11.7 Å². The minimum atomic E-state index is 0.213. The lowest BCUT2D eigenvalue weighted by Gasteiger charge is -2.17. The van der Waals surface area contributed by atoms with E-state index >= 15 is 0 Å². The largest absolute Gasteiger partial charge is 0.384 e. The minimum absolute atomic E-state index is 0.213. The number of rotatable bonds is 4. The van der Waals surface area contributed by atoms with Crippen LogP contribution >= 0.6 is 0 Å². The molecule has 0 spiro atoms. The van der Waals surface area contributed by atoms with Crippen molar-refractivity contribution in [2.45, 2.75) is 25.8 Å². The van der Waals surface area contributed by atoms with E-state index in [2.05, 4.69) is 17.1 Å². The first kappa shape index (κ1) is 13.6. The van der Waals surface area contributed by atoms with E-state index in [9.17, 15) is 4.79 Å². The van der Waals surface area contributed by atoms with Gasteiger partial charge in [0.05, 0.1) is 12.2 Å². The number of hydrogen-bond acceptors (Lipinski definition) is 3. The Morgan fingerprint density at radius 1 is 1.14 bits per heavy atom. The molecule has 0 radical (unpaired) electrons. The highest BCUT2D eigenvalue weighted by Crippen LogP contribution is 2.19. The summed E-state index contributed by atoms with van der Waals surface area (Å²) in [5.74, 6) is 0.721. The summed E-state index contributed by atoms with van der Waals surface area (Å²) < 4.78 is 0. The smallest absolute Gasteiger partial charge is 0.222 e. The number of nitrogens with two attached hydrogens (primary N) is 1. The molecule has 0 atom stereocenters.